The number of hydrogen-bond donors (Lipinski definition) is 0. The number of Topliss-reactive ketones (excluding diaryl/α,β-unsaturated/α-hetero) is 1. The molecule has 0 aliphatic carbocycles. The molecule has 1 heterocycles. The molecule has 1 fully saturated rings. The second-order valence-corrected chi connectivity index (χ2v) is 7.08. The zero-order valence-electron chi connectivity index (χ0n) is 14.8. The lowest BCUT2D eigenvalue weighted by Gasteiger charge is -2.14. The van der Waals surface area contributed by atoms with Crippen molar-refractivity contribution >= 4 is 5.78 Å². The van der Waals surface area contributed by atoms with E-state index in [0.717, 1.165) is 19.5 Å². The number of unbranched alkanes of at least 4 members (excludes halogenated alkanes) is 7. The molecule has 0 N–H and O–H groups in total. The van der Waals surface area contributed by atoms with E-state index in [4.69, 9.17) is 0 Å². The van der Waals surface area contributed by atoms with Crippen LogP contribution < -0.4 is 0 Å². The second kappa shape index (κ2) is 10.6. The molecule has 128 valence electrons. The highest BCUT2D eigenvalue weighted by Gasteiger charge is 2.29. The van der Waals surface area contributed by atoms with Crippen molar-refractivity contribution < 1.29 is 4.79 Å². The monoisotopic (exact) mass is 315 g/mol. The third kappa shape index (κ3) is 6.87. The zero-order valence-corrected chi connectivity index (χ0v) is 14.8. The van der Waals surface area contributed by atoms with E-state index in [1.54, 1.807) is 0 Å². The van der Waals surface area contributed by atoms with E-state index in [1.807, 2.05) is 6.07 Å². The van der Waals surface area contributed by atoms with Crippen LogP contribution in [-0.4, -0.2) is 23.8 Å². The molecule has 1 atom stereocenters. The number of rotatable bonds is 11. The number of benzene rings is 1. The Bertz CT molecular complexity index is 442. The summed E-state index contributed by atoms with van der Waals surface area (Å²) in [5.41, 5.74) is 1.31. The van der Waals surface area contributed by atoms with E-state index in [-0.39, 0.29) is 0 Å². The molecule has 1 aliphatic rings. The summed E-state index contributed by atoms with van der Waals surface area (Å²) >= 11 is 0. The maximum atomic E-state index is 12.2. The zero-order chi connectivity index (χ0) is 16.3. The first-order valence-corrected chi connectivity index (χ1v) is 9.58. The van der Waals surface area contributed by atoms with E-state index < -0.39 is 0 Å². The molecule has 2 nitrogen and oxygen atoms in total. The molecule has 2 rings (SSSR count). The van der Waals surface area contributed by atoms with Gasteiger partial charge in [0.05, 0.1) is 6.54 Å². The molecule has 1 aromatic carbocycles. The summed E-state index contributed by atoms with van der Waals surface area (Å²) in [6, 6.07) is 10.5. The Morgan fingerprint density at radius 3 is 2.30 bits per heavy atom. The van der Waals surface area contributed by atoms with Gasteiger partial charge in [-0.3, -0.25) is 9.69 Å². The van der Waals surface area contributed by atoms with Gasteiger partial charge >= 0.3 is 0 Å². The normalized spacial score (nSPS) is 18.7. The standard InChI is InChI=1S/C21H33NO/c1-2-3-4-5-6-7-8-12-15-20-17-22(18-21(20)23)16-19-13-10-9-11-14-19/h9-11,13-14,20H,2-8,12,15-18H2,1H3. The lowest BCUT2D eigenvalue weighted by Crippen LogP contribution is -2.20. The smallest absolute Gasteiger partial charge is 0.151 e. The van der Waals surface area contributed by atoms with Crippen molar-refractivity contribution in [1.29, 1.82) is 0 Å². The summed E-state index contributed by atoms with van der Waals surface area (Å²) in [7, 11) is 0. The Labute approximate surface area is 142 Å². The molecule has 23 heavy (non-hydrogen) atoms. The largest absolute Gasteiger partial charge is 0.298 e. The highest BCUT2D eigenvalue weighted by molar-refractivity contribution is 5.85. The molecule has 1 aliphatic heterocycles. The molecular weight excluding hydrogens is 282 g/mol. The second-order valence-electron chi connectivity index (χ2n) is 7.08. The average Bonchev–Trinajstić information content (AvgIpc) is 2.90. The van der Waals surface area contributed by atoms with E-state index in [1.165, 1.54) is 56.9 Å². The number of ketones is 1. The summed E-state index contributed by atoms with van der Waals surface area (Å²) < 4.78 is 0. The van der Waals surface area contributed by atoms with Crippen molar-refractivity contribution in [2.45, 2.75) is 71.3 Å². The number of carbonyl (C=O) groups excluding carboxylic acids is 1. The first-order chi connectivity index (χ1) is 11.3. The Hall–Kier alpha value is -1.15. The van der Waals surface area contributed by atoms with Gasteiger partial charge in [0.25, 0.3) is 0 Å². The first kappa shape index (κ1) is 18.2. The highest BCUT2D eigenvalue weighted by atomic mass is 16.1. The van der Waals surface area contributed by atoms with Crippen LogP contribution in [-0.2, 0) is 11.3 Å². The van der Waals surface area contributed by atoms with Gasteiger partial charge in [-0.05, 0) is 12.0 Å². The number of nitrogens with zero attached hydrogens (tertiary/aromatic N) is 1. The maximum absolute atomic E-state index is 12.2. The molecule has 0 saturated carbocycles. The molecule has 0 aromatic heterocycles. The van der Waals surface area contributed by atoms with Crippen LogP contribution in [0.3, 0.4) is 0 Å². The Kier molecular flexibility index (Phi) is 8.38. The van der Waals surface area contributed by atoms with Crippen LogP contribution in [0.1, 0.15) is 70.3 Å². The van der Waals surface area contributed by atoms with Crippen LogP contribution >= 0.6 is 0 Å². The summed E-state index contributed by atoms with van der Waals surface area (Å²) in [4.78, 5) is 14.5. The Morgan fingerprint density at radius 2 is 1.61 bits per heavy atom. The van der Waals surface area contributed by atoms with Crippen LogP contribution in [0.25, 0.3) is 0 Å². The SMILES string of the molecule is CCCCCCCCCCC1CN(Cc2ccccc2)CC1=O. The molecule has 0 bridgehead atoms. The van der Waals surface area contributed by atoms with Gasteiger partial charge in [-0.1, -0.05) is 88.6 Å². The minimum atomic E-state index is 0.291. The fraction of sp³-hybridized carbons (Fsp3) is 0.667. The van der Waals surface area contributed by atoms with E-state index in [0.29, 0.717) is 18.2 Å². The molecule has 1 unspecified atom stereocenters. The highest BCUT2D eigenvalue weighted by Crippen LogP contribution is 2.21. The van der Waals surface area contributed by atoms with Gasteiger partial charge in [-0.25, -0.2) is 0 Å². The fourth-order valence-corrected chi connectivity index (χ4v) is 3.57. The van der Waals surface area contributed by atoms with Crippen LogP contribution in [0, 0.1) is 5.92 Å². The summed E-state index contributed by atoms with van der Waals surface area (Å²) in [6.07, 6.45) is 11.8. The topological polar surface area (TPSA) is 20.3 Å². The van der Waals surface area contributed by atoms with Crippen molar-refractivity contribution in [2.75, 3.05) is 13.1 Å². The van der Waals surface area contributed by atoms with Crippen molar-refractivity contribution in [3.8, 4) is 0 Å². The van der Waals surface area contributed by atoms with Crippen molar-refractivity contribution in [3.63, 3.8) is 0 Å². The van der Waals surface area contributed by atoms with Gasteiger partial charge in [-0.15, -0.1) is 0 Å². The van der Waals surface area contributed by atoms with Gasteiger partial charge in [0, 0.05) is 19.0 Å². The van der Waals surface area contributed by atoms with Crippen LogP contribution in [0.15, 0.2) is 30.3 Å². The van der Waals surface area contributed by atoms with Gasteiger partial charge in [0.1, 0.15) is 0 Å². The van der Waals surface area contributed by atoms with E-state index in [9.17, 15) is 4.79 Å². The third-order valence-corrected chi connectivity index (χ3v) is 4.97. The van der Waals surface area contributed by atoms with Gasteiger partial charge in [-0.2, -0.15) is 0 Å². The lowest BCUT2D eigenvalue weighted by molar-refractivity contribution is -0.120. The van der Waals surface area contributed by atoms with Crippen molar-refractivity contribution in [2.24, 2.45) is 5.92 Å². The molecule has 1 aromatic rings. The fourth-order valence-electron chi connectivity index (χ4n) is 3.57. The van der Waals surface area contributed by atoms with Crippen LogP contribution in [0.5, 0.6) is 0 Å². The Morgan fingerprint density at radius 1 is 0.957 bits per heavy atom. The Balaban J connectivity index is 1.57. The summed E-state index contributed by atoms with van der Waals surface area (Å²) in [6.45, 7) is 4.79. The maximum Gasteiger partial charge on any atom is 0.151 e. The number of carbonyl (C=O) groups is 1. The van der Waals surface area contributed by atoms with Crippen molar-refractivity contribution in [1.82, 2.24) is 4.90 Å². The number of hydrogen-bond acceptors (Lipinski definition) is 2. The first-order valence-electron chi connectivity index (χ1n) is 9.58. The lowest BCUT2D eigenvalue weighted by atomic mass is 9.98. The molecular formula is C21H33NO. The molecule has 1 saturated heterocycles. The summed E-state index contributed by atoms with van der Waals surface area (Å²) in [5.74, 6) is 0.752. The number of likely N-dealkylation sites (tertiary alicyclic amines) is 1. The molecule has 0 spiro atoms. The van der Waals surface area contributed by atoms with Gasteiger partial charge in [0.15, 0.2) is 5.78 Å². The minimum Gasteiger partial charge on any atom is -0.298 e. The van der Waals surface area contributed by atoms with Crippen LogP contribution in [0.2, 0.25) is 0 Å². The van der Waals surface area contributed by atoms with E-state index in [2.05, 4.69) is 36.1 Å². The van der Waals surface area contributed by atoms with Gasteiger partial charge in [0.2, 0.25) is 0 Å². The minimum absolute atomic E-state index is 0.291. The third-order valence-electron chi connectivity index (χ3n) is 4.97. The quantitative estimate of drug-likeness (QED) is 0.522. The molecule has 0 amide bonds. The summed E-state index contributed by atoms with van der Waals surface area (Å²) in [5, 5.41) is 0. The van der Waals surface area contributed by atoms with Gasteiger partial charge < -0.3 is 0 Å². The predicted octanol–water partition coefficient (Wildman–Crippen LogP) is 5.22. The average molecular weight is 316 g/mol. The van der Waals surface area contributed by atoms with Crippen LogP contribution in [0.4, 0.5) is 0 Å². The molecule has 0 radical (unpaired) electrons. The predicted molar refractivity (Wildman–Crippen MR) is 97.4 cm³/mol. The molecule has 2 heteroatoms. The van der Waals surface area contributed by atoms with Crippen molar-refractivity contribution in [3.05, 3.63) is 35.9 Å². The van der Waals surface area contributed by atoms with E-state index >= 15 is 0 Å².